The van der Waals surface area contributed by atoms with Crippen molar-refractivity contribution in [2.24, 2.45) is 0 Å². The van der Waals surface area contributed by atoms with E-state index < -0.39 is 0 Å². The van der Waals surface area contributed by atoms with Crippen molar-refractivity contribution < 1.29 is 0 Å². The van der Waals surface area contributed by atoms with Gasteiger partial charge >= 0.3 is 0 Å². The van der Waals surface area contributed by atoms with Crippen LogP contribution in [-0.2, 0) is 37.9 Å². The minimum absolute atomic E-state index is 0.0207. The summed E-state index contributed by atoms with van der Waals surface area (Å²) in [5.74, 6) is 0. The maximum atomic E-state index is 2.75. The molecule has 0 unspecified atom stereocenters. The van der Waals surface area contributed by atoms with Gasteiger partial charge in [0.15, 0.2) is 0 Å². The second-order valence-corrected chi connectivity index (χ2v) is 26.3. The number of nitrogens with zero attached hydrogens (tertiary/aromatic N) is 2. The summed E-state index contributed by atoms with van der Waals surface area (Å²) in [6.45, 7) is 43.4. The van der Waals surface area contributed by atoms with Crippen molar-refractivity contribution in [1.82, 2.24) is 0 Å². The summed E-state index contributed by atoms with van der Waals surface area (Å²) >= 11 is 0. The number of aryl methyl sites for hydroxylation is 1. The molecule has 10 rings (SSSR count). The molecule has 0 saturated heterocycles. The van der Waals surface area contributed by atoms with Crippen LogP contribution in [0.5, 0.6) is 0 Å². The molecule has 0 spiro atoms. The zero-order chi connectivity index (χ0) is 47.6. The number of anilines is 6. The summed E-state index contributed by atoms with van der Waals surface area (Å²) in [5, 5.41) is 0. The quantitative estimate of drug-likeness (QED) is 0.160. The van der Waals surface area contributed by atoms with Gasteiger partial charge in [0, 0.05) is 45.0 Å². The number of hydrogen-bond acceptors (Lipinski definition) is 2. The molecule has 3 heteroatoms. The molecule has 0 aromatic heterocycles. The van der Waals surface area contributed by atoms with E-state index in [0.717, 1.165) is 0 Å². The molecule has 0 atom stereocenters. The summed E-state index contributed by atoms with van der Waals surface area (Å²) in [6, 6.07) is 41.9. The van der Waals surface area contributed by atoms with Gasteiger partial charge in [0.05, 0.1) is 0 Å². The van der Waals surface area contributed by atoms with E-state index in [9.17, 15) is 0 Å². The van der Waals surface area contributed by atoms with Gasteiger partial charge in [0.25, 0.3) is 6.71 Å². The van der Waals surface area contributed by atoms with E-state index in [1.54, 1.807) is 0 Å². The van der Waals surface area contributed by atoms with Crippen LogP contribution < -0.4 is 26.2 Å². The molecule has 340 valence electrons. The van der Waals surface area contributed by atoms with E-state index in [2.05, 4.69) is 238 Å². The molecule has 0 fully saturated rings. The van der Waals surface area contributed by atoms with Crippen molar-refractivity contribution in [3.8, 4) is 0 Å². The Morgan fingerprint density at radius 1 is 0.409 bits per heavy atom. The predicted octanol–water partition coefficient (Wildman–Crippen LogP) is 15.3. The van der Waals surface area contributed by atoms with Gasteiger partial charge in [0.2, 0.25) is 0 Å². The maximum absolute atomic E-state index is 2.75. The lowest BCUT2D eigenvalue weighted by atomic mass is 9.32. The molecule has 0 N–H and O–H groups in total. The van der Waals surface area contributed by atoms with Gasteiger partial charge in [-0.25, -0.2) is 0 Å². The summed E-state index contributed by atoms with van der Waals surface area (Å²) in [6.07, 6.45) is 2.37. The number of benzene rings is 6. The van der Waals surface area contributed by atoms with Crippen molar-refractivity contribution >= 4 is 57.2 Å². The molecule has 2 aliphatic carbocycles. The average Bonchev–Trinajstić information content (AvgIpc) is 3.23. The Hall–Kier alpha value is -5.02. The topological polar surface area (TPSA) is 6.48 Å². The Kier molecular flexibility index (Phi) is 9.52. The van der Waals surface area contributed by atoms with E-state index in [0.29, 0.717) is 0 Å². The second kappa shape index (κ2) is 14.0. The Balaban J connectivity index is 1.37. The first-order valence-corrected chi connectivity index (χ1v) is 25.0. The number of hydrogen-bond donors (Lipinski definition) is 0. The molecule has 2 nitrogen and oxygen atoms in total. The Labute approximate surface area is 399 Å². The summed E-state index contributed by atoms with van der Waals surface area (Å²) in [7, 11) is 0. The molecule has 6 aromatic rings. The van der Waals surface area contributed by atoms with E-state index in [1.165, 1.54) is 119 Å². The molecule has 66 heavy (non-hydrogen) atoms. The predicted molar refractivity (Wildman–Crippen MR) is 287 cm³/mol. The van der Waals surface area contributed by atoms with E-state index in [4.69, 9.17) is 0 Å². The van der Waals surface area contributed by atoms with Crippen molar-refractivity contribution in [3.63, 3.8) is 0 Å². The van der Waals surface area contributed by atoms with Gasteiger partial charge in [-0.05, 0) is 161 Å². The van der Waals surface area contributed by atoms with Crippen LogP contribution in [0.3, 0.4) is 0 Å². The van der Waals surface area contributed by atoms with Gasteiger partial charge in [-0.2, -0.15) is 0 Å². The fourth-order valence-corrected chi connectivity index (χ4v) is 12.4. The third-order valence-corrected chi connectivity index (χ3v) is 17.0. The van der Waals surface area contributed by atoms with Crippen LogP contribution in [0, 0.1) is 6.92 Å². The van der Waals surface area contributed by atoms with E-state index in [1.807, 2.05) is 0 Å². The molecule has 2 aliphatic heterocycles. The molecule has 2 heterocycles. The minimum Gasteiger partial charge on any atom is -0.311 e. The zero-order valence-corrected chi connectivity index (χ0v) is 43.7. The van der Waals surface area contributed by atoms with Crippen molar-refractivity contribution in [1.29, 1.82) is 0 Å². The van der Waals surface area contributed by atoms with Crippen molar-refractivity contribution in [2.45, 2.75) is 175 Å². The van der Waals surface area contributed by atoms with Crippen LogP contribution in [0.1, 0.15) is 186 Å². The second-order valence-electron chi connectivity index (χ2n) is 26.3. The fourth-order valence-electron chi connectivity index (χ4n) is 12.4. The lowest BCUT2D eigenvalue weighted by molar-refractivity contribution is 0.332. The smallest absolute Gasteiger partial charge is 0.252 e. The first kappa shape index (κ1) is 44.8. The Bertz CT molecular complexity index is 2990. The highest BCUT2D eigenvalue weighted by Gasteiger charge is 2.49. The van der Waals surface area contributed by atoms with Crippen molar-refractivity contribution in [2.75, 3.05) is 9.80 Å². The lowest BCUT2D eigenvalue weighted by Crippen LogP contribution is -2.62. The average molecular weight is 871 g/mol. The van der Waals surface area contributed by atoms with Crippen LogP contribution in [-0.4, -0.2) is 6.71 Å². The van der Waals surface area contributed by atoms with Crippen LogP contribution in [0.4, 0.5) is 34.1 Å². The highest BCUT2D eigenvalue weighted by atomic mass is 15.2. The van der Waals surface area contributed by atoms with Crippen molar-refractivity contribution in [3.05, 3.63) is 159 Å². The monoisotopic (exact) mass is 871 g/mol. The number of fused-ring (bicyclic) bond motifs is 7. The van der Waals surface area contributed by atoms with Gasteiger partial charge in [0.1, 0.15) is 0 Å². The highest BCUT2D eigenvalue weighted by Crippen LogP contribution is 2.55. The van der Waals surface area contributed by atoms with Crippen LogP contribution in [0.25, 0.3) is 0 Å². The first-order valence-electron chi connectivity index (χ1n) is 25.0. The molecule has 0 saturated carbocycles. The maximum Gasteiger partial charge on any atom is 0.252 e. The van der Waals surface area contributed by atoms with Gasteiger partial charge in [-0.15, -0.1) is 0 Å². The lowest BCUT2D eigenvalue weighted by Gasteiger charge is -2.49. The molecule has 0 radical (unpaired) electrons. The minimum atomic E-state index is -0.197. The van der Waals surface area contributed by atoms with Gasteiger partial charge < -0.3 is 9.80 Å². The van der Waals surface area contributed by atoms with Crippen LogP contribution in [0.2, 0.25) is 0 Å². The molecule has 6 aromatic carbocycles. The fraction of sp³-hybridized carbons (Fsp3) is 0.429. The third kappa shape index (κ3) is 6.55. The molecular weight excluding hydrogens is 796 g/mol. The van der Waals surface area contributed by atoms with E-state index >= 15 is 0 Å². The highest BCUT2D eigenvalue weighted by molar-refractivity contribution is 7.00. The van der Waals surface area contributed by atoms with Crippen LogP contribution in [0.15, 0.2) is 103 Å². The molecule has 0 bridgehead atoms. The molecular formula is C63H75BN2. The van der Waals surface area contributed by atoms with Gasteiger partial charge in [-0.1, -0.05) is 178 Å². The third-order valence-electron chi connectivity index (χ3n) is 17.0. The Morgan fingerprint density at radius 3 is 1.42 bits per heavy atom. The normalized spacial score (nSPS) is 18.4. The largest absolute Gasteiger partial charge is 0.311 e. The summed E-state index contributed by atoms with van der Waals surface area (Å²) in [5.41, 5.74) is 25.8. The summed E-state index contributed by atoms with van der Waals surface area (Å²) in [4.78, 5) is 5.37. The SMILES string of the molecule is Cc1cc2c(cc1N1c3cc4c(cc3B3c5cc(C(C)(C)C)ccc5N(c5ccc(C(C)(C)C)cc5)c5cc(C(C)(C)C)cc1c53)C(C)(C)c1ccccc1C4(C)C)C(C)(C)CCC2(C)C. The Morgan fingerprint density at radius 2 is 0.879 bits per heavy atom. The number of rotatable bonds is 2. The molecule has 4 aliphatic rings. The standard InChI is InChI=1S/C63H75BN2/c1-38-31-45-46(61(13,14)30-29-60(45,11)12)36-52(38)66-53-37-48-47(62(15,16)43-21-19-20-22-44(43)63(48,17)18)35-50(53)64-49-32-40(58(5,6)7)25-28-51(49)65(42-26-23-39(24-27-42)57(2,3)4)54-33-41(59(8,9)10)34-55(66)56(54)64/h19-28,31-37H,29-30H2,1-18H3. The van der Waals surface area contributed by atoms with Gasteiger partial charge in [-0.3, -0.25) is 0 Å². The van der Waals surface area contributed by atoms with E-state index in [-0.39, 0.29) is 44.6 Å². The van der Waals surface area contributed by atoms with Crippen LogP contribution >= 0.6 is 0 Å². The summed E-state index contributed by atoms with van der Waals surface area (Å²) < 4.78 is 0. The molecule has 0 amide bonds. The first-order chi connectivity index (χ1) is 30.5. The zero-order valence-electron chi connectivity index (χ0n) is 43.7.